The van der Waals surface area contributed by atoms with E-state index >= 15 is 0 Å². The van der Waals surface area contributed by atoms with Crippen molar-refractivity contribution in [2.45, 2.75) is 33.5 Å². The lowest BCUT2D eigenvalue weighted by atomic mass is 10.3. The molecule has 0 saturated carbocycles. The van der Waals surface area contributed by atoms with Crippen molar-refractivity contribution in [1.82, 2.24) is 24.2 Å². The third kappa shape index (κ3) is 3.06. The fourth-order valence-corrected chi connectivity index (χ4v) is 2.53. The van der Waals surface area contributed by atoms with Crippen LogP contribution in [0.2, 0.25) is 0 Å². The van der Waals surface area contributed by atoms with Crippen molar-refractivity contribution in [3.05, 3.63) is 34.1 Å². The number of rotatable bonds is 5. The molecule has 19 heavy (non-hydrogen) atoms. The molecule has 6 heteroatoms. The van der Waals surface area contributed by atoms with Gasteiger partial charge in [-0.25, -0.2) is 4.98 Å². The minimum atomic E-state index is 0.823. The first-order valence-electron chi connectivity index (χ1n) is 6.39. The highest BCUT2D eigenvalue weighted by Crippen LogP contribution is 2.22. The summed E-state index contributed by atoms with van der Waals surface area (Å²) in [6, 6.07) is 0. The van der Waals surface area contributed by atoms with E-state index in [0.717, 1.165) is 35.6 Å². The lowest BCUT2D eigenvalue weighted by Gasteiger charge is -2.17. The van der Waals surface area contributed by atoms with Crippen molar-refractivity contribution in [1.29, 1.82) is 0 Å². The Morgan fingerprint density at radius 2 is 2.11 bits per heavy atom. The molecule has 2 aromatic heterocycles. The molecule has 0 aliphatic carbocycles. The Morgan fingerprint density at radius 1 is 1.37 bits per heavy atom. The Labute approximate surface area is 122 Å². The lowest BCUT2D eigenvalue weighted by molar-refractivity contribution is 0.296. The van der Waals surface area contributed by atoms with Gasteiger partial charge in [0.25, 0.3) is 0 Å². The molecule has 0 unspecified atom stereocenters. The van der Waals surface area contributed by atoms with Crippen molar-refractivity contribution >= 4 is 15.9 Å². The van der Waals surface area contributed by atoms with Gasteiger partial charge < -0.3 is 4.57 Å². The van der Waals surface area contributed by atoms with Gasteiger partial charge in [-0.2, -0.15) is 5.10 Å². The minimum absolute atomic E-state index is 0.823. The van der Waals surface area contributed by atoms with Crippen LogP contribution in [-0.2, 0) is 26.7 Å². The van der Waals surface area contributed by atoms with Crippen molar-refractivity contribution < 1.29 is 0 Å². The maximum absolute atomic E-state index is 4.52. The average molecular weight is 326 g/mol. The Kier molecular flexibility index (Phi) is 4.42. The summed E-state index contributed by atoms with van der Waals surface area (Å²) in [6.07, 6.45) is 3.80. The second kappa shape index (κ2) is 5.88. The molecule has 2 rings (SSSR count). The topological polar surface area (TPSA) is 38.9 Å². The third-order valence-corrected chi connectivity index (χ3v) is 4.24. The van der Waals surface area contributed by atoms with Crippen molar-refractivity contribution in [3.63, 3.8) is 0 Å². The maximum Gasteiger partial charge on any atom is 0.122 e. The molecule has 0 spiro atoms. The van der Waals surface area contributed by atoms with Crippen LogP contribution < -0.4 is 0 Å². The number of halogens is 1. The van der Waals surface area contributed by atoms with E-state index in [0.29, 0.717) is 0 Å². The van der Waals surface area contributed by atoms with Gasteiger partial charge in [-0.05, 0) is 36.8 Å². The smallest absolute Gasteiger partial charge is 0.122 e. The second-order valence-corrected chi connectivity index (χ2v) is 5.58. The van der Waals surface area contributed by atoms with Crippen LogP contribution in [-0.4, -0.2) is 31.3 Å². The van der Waals surface area contributed by atoms with Crippen LogP contribution in [0, 0.1) is 6.92 Å². The number of aryl methyl sites for hydroxylation is 3. The van der Waals surface area contributed by atoms with E-state index in [1.54, 1.807) is 0 Å². The number of hydrogen-bond donors (Lipinski definition) is 0. The first kappa shape index (κ1) is 14.3. The molecule has 5 nitrogen and oxygen atoms in total. The normalized spacial score (nSPS) is 11.5. The fourth-order valence-electron chi connectivity index (χ4n) is 2.12. The van der Waals surface area contributed by atoms with Crippen LogP contribution in [0.15, 0.2) is 16.9 Å². The molecule has 0 N–H and O–H groups in total. The van der Waals surface area contributed by atoms with E-state index in [1.807, 2.05) is 35.6 Å². The van der Waals surface area contributed by atoms with Crippen LogP contribution in [0.5, 0.6) is 0 Å². The van der Waals surface area contributed by atoms with Gasteiger partial charge in [-0.3, -0.25) is 9.58 Å². The highest BCUT2D eigenvalue weighted by atomic mass is 79.9. The molecular weight excluding hydrogens is 306 g/mol. The molecule has 0 amide bonds. The minimum Gasteiger partial charge on any atom is -0.337 e. The lowest BCUT2D eigenvalue weighted by Crippen LogP contribution is -2.21. The molecule has 0 bridgehead atoms. The average Bonchev–Trinajstić information content (AvgIpc) is 2.88. The zero-order valence-corrected chi connectivity index (χ0v) is 13.5. The molecule has 0 atom stereocenters. The Balaban J connectivity index is 2.11. The number of nitrogens with zero attached hydrogens (tertiary/aromatic N) is 5. The summed E-state index contributed by atoms with van der Waals surface area (Å²) in [5.74, 6) is 1.07. The van der Waals surface area contributed by atoms with E-state index in [1.165, 1.54) is 5.69 Å². The van der Waals surface area contributed by atoms with E-state index in [9.17, 15) is 0 Å². The number of hydrogen-bond acceptors (Lipinski definition) is 3. The summed E-state index contributed by atoms with van der Waals surface area (Å²) in [5.41, 5.74) is 2.26. The molecule has 0 radical (unpaired) electrons. The molecule has 0 aromatic carbocycles. The molecule has 2 aromatic rings. The largest absolute Gasteiger partial charge is 0.337 e. The van der Waals surface area contributed by atoms with Gasteiger partial charge in [0.05, 0.1) is 22.4 Å². The summed E-state index contributed by atoms with van der Waals surface area (Å²) in [7, 11) is 4.12. The van der Waals surface area contributed by atoms with Crippen LogP contribution in [0.1, 0.15) is 24.1 Å². The predicted molar refractivity (Wildman–Crippen MR) is 78.7 cm³/mol. The van der Waals surface area contributed by atoms with Gasteiger partial charge >= 0.3 is 0 Å². The Morgan fingerprint density at radius 3 is 2.68 bits per heavy atom. The summed E-state index contributed by atoms with van der Waals surface area (Å²) in [4.78, 5) is 6.60. The number of imidazole rings is 1. The van der Waals surface area contributed by atoms with Crippen molar-refractivity contribution in [2.75, 3.05) is 7.05 Å². The molecule has 0 saturated heterocycles. The van der Waals surface area contributed by atoms with Gasteiger partial charge in [0.15, 0.2) is 0 Å². The zero-order valence-electron chi connectivity index (χ0n) is 11.9. The van der Waals surface area contributed by atoms with Crippen LogP contribution in [0.3, 0.4) is 0 Å². The molecular formula is C13H20BrN5. The monoisotopic (exact) mass is 325 g/mol. The van der Waals surface area contributed by atoms with Gasteiger partial charge in [-0.1, -0.05) is 0 Å². The Hall–Kier alpha value is -1.14. The van der Waals surface area contributed by atoms with Gasteiger partial charge in [0.1, 0.15) is 5.82 Å². The summed E-state index contributed by atoms with van der Waals surface area (Å²) in [5, 5.41) is 4.52. The molecule has 0 aliphatic heterocycles. The number of aromatic nitrogens is 4. The van der Waals surface area contributed by atoms with E-state index < -0.39 is 0 Å². The van der Waals surface area contributed by atoms with Crippen molar-refractivity contribution in [3.8, 4) is 0 Å². The van der Waals surface area contributed by atoms with Gasteiger partial charge in [0.2, 0.25) is 0 Å². The SMILES string of the molecule is CCn1nc(C)c(Br)c1CN(C)Cc1nccn1C. The van der Waals surface area contributed by atoms with E-state index in [-0.39, 0.29) is 0 Å². The molecule has 0 fully saturated rings. The quantitative estimate of drug-likeness (QED) is 0.847. The van der Waals surface area contributed by atoms with E-state index in [2.05, 4.69) is 44.9 Å². The van der Waals surface area contributed by atoms with E-state index in [4.69, 9.17) is 0 Å². The molecule has 2 heterocycles. The highest BCUT2D eigenvalue weighted by Gasteiger charge is 2.14. The standard InChI is InChI=1S/C13H20BrN5/c1-5-19-11(13(14)10(2)16-19)8-17(3)9-12-15-6-7-18(12)4/h6-7H,5,8-9H2,1-4H3. The van der Waals surface area contributed by atoms with Crippen LogP contribution >= 0.6 is 15.9 Å². The summed E-state index contributed by atoms with van der Waals surface area (Å²) >= 11 is 3.63. The highest BCUT2D eigenvalue weighted by molar-refractivity contribution is 9.10. The summed E-state index contributed by atoms with van der Waals surface area (Å²) < 4.78 is 5.21. The molecule has 104 valence electrons. The van der Waals surface area contributed by atoms with Gasteiger partial charge in [0, 0.05) is 32.5 Å². The third-order valence-electron chi connectivity index (χ3n) is 3.20. The fraction of sp³-hybridized carbons (Fsp3) is 0.538. The first-order valence-corrected chi connectivity index (χ1v) is 7.18. The molecule has 0 aliphatic rings. The zero-order chi connectivity index (χ0) is 14.0. The predicted octanol–water partition coefficient (Wildman–Crippen LogP) is 2.34. The van der Waals surface area contributed by atoms with Crippen molar-refractivity contribution in [2.24, 2.45) is 7.05 Å². The second-order valence-electron chi connectivity index (χ2n) is 4.79. The Bertz CT molecular complexity index is 557. The first-order chi connectivity index (χ1) is 9.02. The van der Waals surface area contributed by atoms with Gasteiger partial charge in [-0.15, -0.1) is 0 Å². The van der Waals surface area contributed by atoms with Crippen LogP contribution in [0.4, 0.5) is 0 Å². The summed E-state index contributed by atoms with van der Waals surface area (Å²) in [6.45, 7) is 6.70. The van der Waals surface area contributed by atoms with Crippen LogP contribution in [0.25, 0.3) is 0 Å². The maximum atomic E-state index is 4.52.